The zero-order valence-electron chi connectivity index (χ0n) is 59.6. The van der Waals surface area contributed by atoms with Crippen molar-refractivity contribution in [3.63, 3.8) is 0 Å². The first-order valence-corrected chi connectivity index (χ1v) is 39.3. The number of para-hydroxylation sites is 4. The Balaban J connectivity index is 0.000000150. The first-order chi connectivity index (χ1) is 54.0. The van der Waals surface area contributed by atoms with Crippen molar-refractivity contribution < 1.29 is 0 Å². The lowest BCUT2D eigenvalue weighted by Crippen LogP contribution is -2.74. The van der Waals surface area contributed by atoms with Crippen LogP contribution < -0.4 is 20.7 Å². The molecule has 0 aliphatic heterocycles. The average molecular weight is 1400 g/mol. The Labute approximate surface area is 632 Å². The summed E-state index contributed by atoms with van der Waals surface area (Å²) < 4.78 is 9.52. The average Bonchev–Trinajstić information content (AvgIpc) is 1.70. The second kappa shape index (κ2) is 27.0. The number of nitriles is 1. The van der Waals surface area contributed by atoms with Gasteiger partial charge in [0.25, 0.3) is 0 Å². The van der Waals surface area contributed by atoms with Gasteiger partial charge >= 0.3 is 0 Å². The first kappa shape index (κ1) is 64.3. The van der Waals surface area contributed by atoms with Crippen molar-refractivity contribution in [2.24, 2.45) is 0 Å². The molecular weight excluding hydrogens is 1340 g/mol. The minimum atomic E-state index is -2.80. The molecule has 17 aromatic carbocycles. The Morgan fingerprint density at radius 2 is 0.440 bits per heavy atom. The van der Waals surface area contributed by atoms with Crippen LogP contribution in [0.5, 0.6) is 0 Å². The number of aromatic nitrogens is 4. The highest BCUT2D eigenvalue weighted by Crippen LogP contribution is 2.42. The molecule has 21 aromatic rings. The summed E-state index contributed by atoms with van der Waals surface area (Å²) in [5.41, 5.74) is 24.0. The fourth-order valence-electron chi connectivity index (χ4n) is 17.3. The number of fused-ring (bicyclic) bond motifs is 12. The summed E-state index contributed by atoms with van der Waals surface area (Å²) in [7, 11) is -2.80. The molecule has 0 spiro atoms. The minimum Gasteiger partial charge on any atom is -0.309 e. The van der Waals surface area contributed by atoms with E-state index in [1.165, 1.54) is 125 Å². The molecule has 5 nitrogen and oxygen atoms in total. The van der Waals surface area contributed by atoms with Crippen LogP contribution in [0.1, 0.15) is 5.56 Å². The highest BCUT2D eigenvalue weighted by atomic mass is 28.3. The summed E-state index contributed by atoms with van der Waals surface area (Å²) in [5, 5.41) is 24.9. The van der Waals surface area contributed by atoms with E-state index in [1.807, 2.05) is 18.2 Å². The normalized spacial score (nSPS) is 11.7. The molecule has 0 radical (unpaired) electrons. The summed E-state index contributed by atoms with van der Waals surface area (Å²) in [4.78, 5) is 0. The largest absolute Gasteiger partial charge is 0.309 e. The molecule has 0 saturated carbocycles. The van der Waals surface area contributed by atoms with Crippen LogP contribution in [-0.2, 0) is 0 Å². The Bertz CT molecular complexity index is 6980. The molecule has 109 heavy (non-hydrogen) atoms. The summed E-state index contributed by atoms with van der Waals surface area (Å²) in [5.74, 6) is 0. The van der Waals surface area contributed by atoms with Crippen LogP contribution in [-0.4, -0.2) is 26.3 Å². The van der Waals surface area contributed by atoms with Crippen molar-refractivity contribution in [1.29, 1.82) is 5.26 Å². The zero-order valence-corrected chi connectivity index (χ0v) is 60.6. The van der Waals surface area contributed by atoms with Gasteiger partial charge in [-0.1, -0.05) is 285 Å². The van der Waals surface area contributed by atoms with E-state index in [1.54, 1.807) is 0 Å². The number of hydrogen-bond donors (Lipinski definition) is 0. The van der Waals surface area contributed by atoms with Crippen molar-refractivity contribution in [2.45, 2.75) is 0 Å². The topological polar surface area (TPSA) is 43.5 Å². The van der Waals surface area contributed by atoms with Gasteiger partial charge in [0.05, 0.1) is 55.8 Å². The highest BCUT2D eigenvalue weighted by Gasteiger charge is 2.42. The number of nitrogens with zero attached hydrogens (tertiary/aromatic N) is 5. The van der Waals surface area contributed by atoms with Gasteiger partial charge in [0.2, 0.25) is 0 Å². The van der Waals surface area contributed by atoms with Crippen LogP contribution in [0.25, 0.3) is 154 Å². The maximum Gasteiger partial charge on any atom is 0.179 e. The van der Waals surface area contributed by atoms with Crippen LogP contribution in [0, 0.1) is 11.3 Å². The fourth-order valence-corrected chi connectivity index (χ4v) is 22.0. The van der Waals surface area contributed by atoms with Gasteiger partial charge < -0.3 is 18.3 Å². The molecular formula is C103H69N5Si. The molecule has 0 saturated heterocycles. The van der Waals surface area contributed by atoms with E-state index in [0.29, 0.717) is 5.56 Å². The second-order valence-electron chi connectivity index (χ2n) is 28.2. The molecule has 510 valence electrons. The monoisotopic (exact) mass is 1400 g/mol. The number of hydrogen-bond acceptors (Lipinski definition) is 1. The van der Waals surface area contributed by atoms with Crippen molar-refractivity contribution >= 4 is 116 Å². The fraction of sp³-hybridized carbons (Fsp3) is 0. The van der Waals surface area contributed by atoms with E-state index in [-0.39, 0.29) is 0 Å². The molecule has 0 aliphatic rings. The van der Waals surface area contributed by atoms with E-state index in [2.05, 4.69) is 425 Å². The van der Waals surface area contributed by atoms with E-state index in [4.69, 9.17) is 0 Å². The molecule has 0 N–H and O–H groups in total. The zero-order chi connectivity index (χ0) is 72.4. The lowest BCUT2D eigenvalue weighted by atomic mass is 10.00. The van der Waals surface area contributed by atoms with Gasteiger partial charge in [-0.05, 0) is 199 Å². The van der Waals surface area contributed by atoms with Crippen molar-refractivity contribution in [2.75, 3.05) is 0 Å². The lowest BCUT2D eigenvalue weighted by Gasteiger charge is -2.34. The standard InChI is InChI=1S/C60H42N2Si.C43H27N3/c1-6-19-43(20-7-1)44-21-18-24-48(39-44)62-59-37-34-46(45-33-36-58-54(40-45)53-31-16-17-32-57(53)61(58)47-22-8-2-9-23-47)41-55(59)56-42-52(35-38-60(56)62)63(49-25-10-3-11-26-49,50-27-12-4-13-28-50)51-29-14-5-15-30-51;44-28-29-18-21-41-37(24-29)39-27-33(20-23-43(39)46(41)35-15-9-12-31(25-35)30-10-3-1-4-11-30)32-19-22-42-38(26-32)36-16-7-8-17-40(36)45(42)34-13-5-2-6-14-34/h1-42H;1-27H. The van der Waals surface area contributed by atoms with E-state index < -0.39 is 8.07 Å². The predicted molar refractivity (Wildman–Crippen MR) is 460 cm³/mol. The molecule has 21 rings (SSSR count). The quantitative estimate of drug-likeness (QED) is 0.0888. The van der Waals surface area contributed by atoms with Crippen molar-refractivity contribution in [3.05, 3.63) is 424 Å². The Hall–Kier alpha value is -14.4. The van der Waals surface area contributed by atoms with Crippen LogP contribution >= 0.6 is 0 Å². The molecule has 4 heterocycles. The maximum absolute atomic E-state index is 9.80. The third-order valence-electron chi connectivity index (χ3n) is 22.2. The first-order valence-electron chi connectivity index (χ1n) is 37.3. The second-order valence-corrected chi connectivity index (χ2v) is 32.0. The maximum atomic E-state index is 9.80. The molecule has 0 amide bonds. The van der Waals surface area contributed by atoms with Gasteiger partial charge in [-0.3, -0.25) is 0 Å². The van der Waals surface area contributed by atoms with Gasteiger partial charge in [-0.2, -0.15) is 5.26 Å². The molecule has 0 aliphatic carbocycles. The Kier molecular flexibility index (Phi) is 15.9. The number of benzene rings is 17. The summed E-state index contributed by atoms with van der Waals surface area (Å²) in [6, 6.07) is 155. The Morgan fingerprint density at radius 1 is 0.174 bits per heavy atom. The molecule has 0 fully saturated rings. The predicted octanol–water partition coefficient (Wildman–Crippen LogP) is 23.7. The van der Waals surface area contributed by atoms with Crippen molar-refractivity contribution in [3.8, 4) is 73.3 Å². The third-order valence-corrected chi connectivity index (χ3v) is 27.0. The van der Waals surface area contributed by atoms with Crippen LogP contribution in [0.15, 0.2) is 419 Å². The van der Waals surface area contributed by atoms with E-state index in [9.17, 15) is 5.26 Å². The van der Waals surface area contributed by atoms with Gasteiger partial charge in [-0.25, -0.2) is 0 Å². The van der Waals surface area contributed by atoms with Crippen LogP contribution in [0.4, 0.5) is 0 Å². The van der Waals surface area contributed by atoms with Crippen LogP contribution in [0.3, 0.4) is 0 Å². The van der Waals surface area contributed by atoms with Gasteiger partial charge in [0.1, 0.15) is 0 Å². The van der Waals surface area contributed by atoms with Crippen LogP contribution in [0.2, 0.25) is 0 Å². The molecule has 0 unspecified atom stereocenters. The molecule has 0 bridgehead atoms. The minimum absolute atomic E-state index is 0.658. The van der Waals surface area contributed by atoms with E-state index >= 15 is 0 Å². The molecule has 6 heteroatoms. The highest BCUT2D eigenvalue weighted by molar-refractivity contribution is 7.20. The SMILES string of the molecule is N#Cc1ccc2c(c1)c1cc(-c3ccc4c(c3)c3ccccc3n4-c3ccccc3)ccc1n2-c1cccc(-c2ccccc2)c1.c1ccc(-c2cccc(-n3c4ccc(-c5ccc6c(c5)c5ccccc5n6-c5ccccc5)cc4c4cc([Si](c5ccccc5)(c5ccccc5)c5ccccc5)ccc43)c2)cc1. The summed E-state index contributed by atoms with van der Waals surface area (Å²) in [6.07, 6.45) is 0. The van der Waals surface area contributed by atoms with Gasteiger partial charge in [0, 0.05) is 65.8 Å². The van der Waals surface area contributed by atoms with E-state index in [0.717, 1.165) is 50.0 Å². The summed E-state index contributed by atoms with van der Waals surface area (Å²) in [6.45, 7) is 0. The van der Waals surface area contributed by atoms with Crippen molar-refractivity contribution in [1.82, 2.24) is 18.3 Å². The number of rotatable bonds is 12. The lowest BCUT2D eigenvalue weighted by molar-refractivity contribution is 1.18. The molecule has 4 aromatic heterocycles. The third kappa shape index (κ3) is 11.0. The molecule has 0 atom stereocenters. The van der Waals surface area contributed by atoms with Gasteiger partial charge in [0.15, 0.2) is 8.07 Å². The summed E-state index contributed by atoms with van der Waals surface area (Å²) >= 11 is 0. The smallest absolute Gasteiger partial charge is 0.179 e. The van der Waals surface area contributed by atoms with Gasteiger partial charge in [-0.15, -0.1) is 0 Å². The Morgan fingerprint density at radius 3 is 0.826 bits per heavy atom.